The molecular weight excluding hydrogens is 392 g/mol. The predicted molar refractivity (Wildman–Crippen MR) is 105 cm³/mol. The van der Waals surface area contributed by atoms with Crippen LogP contribution in [0.3, 0.4) is 0 Å². The molecule has 0 bridgehead atoms. The van der Waals surface area contributed by atoms with Crippen LogP contribution >= 0.6 is 0 Å². The van der Waals surface area contributed by atoms with Gasteiger partial charge in [-0.15, -0.1) is 0 Å². The molecule has 4 rings (SSSR count). The Hall–Kier alpha value is -1.55. The lowest BCUT2D eigenvalue weighted by atomic mass is 9.88. The SMILES string of the molecule is CCOC(=O)C[C@H]1CC[C@@H]2O[C@H]3[C@@H](O)[C@@H](COCc4ccccc4)O[C@H]3[C@@H](O)[C@H]2O1. The minimum atomic E-state index is -0.951. The molecule has 30 heavy (non-hydrogen) atoms. The highest BCUT2D eigenvalue weighted by molar-refractivity contribution is 5.69. The smallest absolute Gasteiger partial charge is 0.308 e. The van der Waals surface area contributed by atoms with Crippen LogP contribution in [0.1, 0.15) is 31.7 Å². The molecule has 3 heterocycles. The van der Waals surface area contributed by atoms with Crippen molar-refractivity contribution in [1.29, 1.82) is 0 Å². The molecule has 0 aromatic heterocycles. The number of carbonyl (C=O) groups excluding carboxylic acids is 1. The predicted octanol–water partition coefficient (Wildman–Crippen LogP) is 0.961. The van der Waals surface area contributed by atoms with Crippen molar-refractivity contribution in [3.05, 3.63) is 35.9 Å². The highest BCUT2D eigenvalue weighted by Gasteiger charge is 2.56. The first-order chi connectivity index (χ1) is 14.6. The van der Waals surface area contributed by atoms with Gasteiger partial charge in [0.25, 0.3) is 0 Å². The minimum absolute atomic E-state index is 0.150. The second-order valence-corrected chi connectivity index (χ2v) is 8.07. The number of hydrogen-bond donors (Lipinski definition) is 2. The van der Waals surface area contributed by atoms with Crippen molar-refractivity contribution in [3.8, 4) is 0 Å². The summed E-state index contributed by atoms with van der Waals surface area (Å²) in [5, 5.41) is 21.5. The topological polar surface area (TPSA) is 104 Å². The Morgan fingerprint density at radius 1 is 1.03 bits per heavy atom. The maximum Gasteiger partial charge on any atom is 0.308 e. The molecule has 8 nitrogen and oxygen atoms in total. The van der Waals surface area contributed by atoms with Gasteiger partial charge in [0.1, 0.15) is 36.6 Å². The van der Waals surface area contributed by atoms with Crippen LogP contribution in [-0.4, -0.2) is 78.2 Å². The molecule has 0 radical (unpaired) electrons. The summed E-state index contributed by atoms with van der Waals surface area (Å²) in [7, 11) is 0. The quantitative estimate of drug-likeness (QED) is 0.627. The Kier molecular flexibility index (Phi) is 7.02. The number of fused-ring (bicyclic) bond motifs is 2. The van der Waals surface area contributed by atoms with Gasteiger partial charge in [0, 0.05) is 0 Å². The number of rotatable bonds is 7. The van der Waals surface area contributed by atoms with E-state index in [1.807, 2.05) is 30.3 Å². The molecule has 8 heteroatoms. The average molecular weight is 422 g/mol. The van der Waals surface area contributed by atoms with E-state index in [0.717, 1.165) is 5.56 Å². The van der Waals surface area contributed by atoms with Gasteiger partial charge in [0.05, 0.1) is 38.4 Å². The molecule has 0 unspecified atom stereocenters. The van der Waals surface area contributed by atoms with Gasteiger partial charge in [-0.05, 0) is 25.3 Å². The normalized spacial score (nSPS) is 38.0. The van der Waals surface area contributed by atoms with E-state index >= 15 is 0 Å². The molecule has 1 aromatic carbocycles. The van der Waals surface area contributed by atoms with Gasteiger partial charge >= 0.3 is 5.97 Å². The Morgan fingerprint density at radius 2 is 1.80 bits per heavy atom. The highest BCUT2D eigenvalue weighted by Crippen LogP contribution is 2.39. The number of ether oxygens (including phenoxy) is 5. The summed E-state index contributed by atoms with van der Waals surface area (Å²) in [6.07, 6.45) is -3.61. The summed E-state index contributed by atoms with van der Waals surface area (Å²) in [6, 6.07) is 9.75. The van der Waals surface area contributed by atoms with Crippen molar-refractivity contribution in [2.24, 2.45) is 0 Å². The van der Waals surface area contributed by atoms with Crippen LogP contribution in [0, 0.1) is 0 Å². The van der Waals surface area contributed by atoms with Gasteiger partial charge < -0.3 is 33.9 Å². The fraction of sp³-hybridized carbons (Fsp3) is 0.682. The lowest BCUT2D eigenvalue weighted by Crippen LogP contribution is -2.61. The van der Waals surface area contributed by atoms with Crippen molar-refractivity contribution in [2.45, 2.75) is 81.6 Å². The number of esters is 1. The van der Waals surface area contributed by atoms with Crippen molar-refractivity contribution in [2.75, 3.05) is 13.2 Å². The number of carbonyl (C=O) groups is 1. The number of aliphatic hydroxyl groups is 2. The molecule has 3 saturated heterocycles. The van der Waals surface area contributed by atoms with E-state index in [-0.39, 0.29) is 31.2 Å². The highest BCUT2D eigenvalue weighted by atomic mass is 16.6. The van der Waals surface area contributed by atoms with E-state index in [1.165, 1.54) is 0 Å². The molecule has 0 saturated carbocycles. The molecular formula is C22H30O8. The van der Waals surface area contributed by atoms with Crippen LogP contribution in [0.5, 0.6) is 0 Å². The van der Waals surface area contributed by atoms with Crippen LogP contribution in [0.15, 0.2) is 30.3 Å². The van der Waals surface area contributed by atoms with Crippen LogP contribution in [0.4, 0.5) is 0 Å². The van der Waals surface area contributed by atoms with Gasteiger partial charge in [0.2, 0.25) is 0 Å². The summed E-state index contributed by atoms with van der Waals surface area (Å²) in [4.78, 5) is 11.8. The monoisotopic (exact) mass is 422 g/mol. The summed E-state index contributed by atoms with van der Waals surface area (Å²) in [5.41, 5.74) is 1.03. The molecule has 1 aromatic rings. The maximum absolute atomic E-state index is 11.8. The van der Waals surface area contributed by atoms with Crippen molar-refractivity contribution in [3.63, 3.8) is 0 Å². The van der Waals surface area contributed by atoms with Crippen molar-refractivity contribution >= 4 is 5.97 Å². The molecule has 8 atom stereocenters. The molecule has 0 spiro atoms. The van der Waals surface area contributed by atoms with E-state index < -0.39 is 36.6 Å². The van der Waals surface area contributed by atoms with Crippen LogP contribution in [0.25, 0.3) is 0 Å². The fourth-order valence-corrected chi connectivity index (χ4v) is 4.49. The van der Waals surface area contributed by atoms with E-state index in [9.17, 15) is 15.0 Å². The van der Waals surface area contributed by atoms with Crippen molar-refractivity contribution < 1.29 is 38.7 Å². The first-order valence-corrected chi connectivity index (χ1v) is 10.7. The zero-order valence-electron chi connectivity index (χ0n) is 17.1. The zero-order valence-corrected chi connectivity index (χ0v) is 17.1. The van der Waals surface area contributed by atoms with Crippen molar-refractivity contribution in [1.82, 2.24) is 0 Å². The van der Waals surface area contributed by atoms with Crippen LogP contribution < -0.4 is 0 Å². The van der Waals surface area contributed by atoms with Crippen LogP contribution in [0.2, 0.25) is 0 Å². The van der Waals surface area contributed by atoms with Crippen LogP contribution in [-0.2, 0) is 35.1 Å². The van der Waals surface area contributed by atoms with Gasteiger partial charge in [-0.1, -0.05) is 30.3 Å². The van der Waals surface area contributed by atoms with Gasteiger partial charge in [-0.2, -0.15) is 0 Å². The standard InChI is InChI=1S/C22H30O8/c1-2-27-17(23)10-14-8-9-15-20(28-14)19(25)22-21(29-15)18(24)16(30-22)12-26-11-13-6-4-3-5-7-13/h3-7,14-16,18-22,24-25H,2,8-12H2,1H3/t14-,15+,16-,18+,19+,20+,21+,22+/m1/s1. The third-order valence-corrected chi connectivity index (χ3v) is 5.96. The lowest BCUT2D eigenvalue weighted by Gasteiger charge is -2.46. The Labute approximate surface area is 176 Å². The van der Waals surface area contributed by atoms with E-state index in [1.54, 1.807) is 6.92 Å². The lowest BCUT2D eigenvalue weighted by molar-refractivity contribution is -0.259. The third kappa shape index (κ3) is 4.69. The maximum atomic E-state index is 11.8. The van der Waals surface area contributed by atoms with Gasteiger partial charge in [0.15, 0.2) is 0 Å². The number of hydrogen-bond acceptors (Lipinski definition) is 8. The minimum Gasteiger partial charge on any atom is -0.466 e. The second kappa shape index (κ2) is 9.72. The fourth-order valence-electron chi connectivity index (χ4n) is 4.49. The average Bonchev–Trinajstić information content (AvgIpc) is 3.06. The molecule has 0 amide bonds. The largest absolute Gasteiger partial charge is 0.466 e. The Bertz CT molecular complexity index is 698. The van der Waals surface area contributed by atoms with E-state index in [4.69, 9.17) is 23.7 Å². The molecule has 0 aliphatic carbocycles. The first kappa shape index (κ1) is 21.7. The summed E-state index contributed by atoms with van der Waals surface area (Å²) in [5.74, 6) is -0.312. The summed E-state index contributed by atoms with van der Waals surface area (Å²) < 4.78 is 28.6. The molecule has 2 N–H and O–H groups in total. The first-order valence-electron chi connectivity index (χ1n) is 10.7. The van der Waals surface area contributed by atoms with E-state index in [2.05, 4.69) is 0 Å². The molecule has 3 aliphatic rings. The zero-order chi connectivity index (χ0) is 21.1. The second-order valence-electron chi connectivity index (χ2n) is 8.07. The molecule has 3 aliphatic heterocycles. The van der Waals surface area contributed by atoms with Gasteiger partial charge in [-0.3, -0.25) is 4.79 Å². The summed E-state index contributed by atoms with van der Waals surface area (Å²) in [6.45, 7) is 2.70. The summed E-state index contributed by atoms with van der Waals surface area (Å²) >= 11 is 0. The van der Waals surface area contributed by atoms with E-state index in [0.29, 0.717) is 26.1 Å². The number of aliphatic hydroxyl groups excluding tert-OH is 2. The number of benzene rings is 1. The Morgan fingerprint density at radius 3 is 2.57 bits per heavy atom. The molecule has 166 valence electrons. The van der Waals surface area contributed by atoms with Gasteiger partial charge in [-0.25, -0.2) is 0 Å². The molecule has 3 fully saturated rings. The Balaban J connectivity index is 1.32. The third-order valence-electron chi connectivity index (χ3n) is 5.96.